The van der Waals surface area contributed by atoms with Crippen LogP contribution in [0.5, 0.6) is 0 Å². The zero-order valence-corrected chi connectivity index (χ0v) is 16.8. The first-order valence-electron chi connectivity index (χ1n) is 8.20. The molecule has 28 heavy (non-hydrogen) atoms. The molecule has 0 aliphatic heterocycles. The van der Waals surface area contributed by atoms with E-state index in [2.05, 4.69) is 10.0 Å². The van der Waals surface area contributed by atoms with E-state index >= 15 is 0 Å². The summed E-state index contributed by atoms with van der Waals surface area (Å²) < 4.78 is 28.6. The molecule has 3 rings (SSSR count). The number of nitrogens with one attached hydrogen (secondary N) is 1. The van der Waals surface area contributed by atoms with Crippen molar-refractivity contribution in [2.24, 2.45) is 0 Å². The molecule has 0 radical (unpaired) electrons. The molecule has 0 aliphatic rings. The maximum atomic E-state index is 12.4. The molecule has 5 nitrogen and oxygen atoms in total. The number of hydrogen-bond acceptors (Lipinski definition) is 3. The van der Waals surface area contributed by atoms with E-state index in [-0.39, 0.29) is 22.9 Å². The zero-order chi connectivity index (χ0) is 20.1. The van der Waals surface area contributed by atoms with Crippen molar-refractivity contribution in [3.05, 3.63) is 93.1 Å². The highest BCUT2D eigenvalue weighted by Gasteiger charge is 2.08. The fraction of sp³-hybridized carbons (Fsp3) is 0.0500. The number of nitrogens with zero attached hydrogens (tertiary/aromatic N) is 1. The molecule has 3 aromatic carbocycles. The quantitative estimate of drug-likeness (QED) is 0.551. The Labute approximate surface area is 173 Å². The van der Waals surface area contributed by atoms with Crippen LogP contribution in [0.15, 0.2) is 77.7 Å². The topological polar surface area (TPSA) is 77.3 Å². The average Bonchev–Trinajstić information content (AvgIpc) is 2.66. The lowest BCUT2D eigenvalue weighted by Gasteiger charge is -2.22. The van der Waals surface area contributed by atoms with Gasteiger partial charge < -0.3 is 10.0 Å². The maximum absolute atomic E-state index is 12.4. The molecule has 1 N–H and O–H groups in total. The Bertz CT molecular complexity index is 1070. The average molecular weight is 434 g/mol. The van der Waals surface area contributed by atoms with Gasteiger partial charge in [-0.05, 0) is 54.1 Å². The predicted molar refractivity (Wildman–Crippen MR) is 112 cm³/mol. The van der Waals surface area contributed by atoms with Crippen molar-refractivity contribution >= 4 is 50.5 Å². The molecule has 0 aromatic heterocycles. The lowest BCUT2D eigenvalue weighted by molar-refractivity contribution is -0.115. The SMILES string of the molecule is O=C(Cc1ccc(Cl)cc1)Nc1ccc(S(=O)(=O)[N-]c2ccc(Cl)cc2)cc1. The number of carbonyl (C=O) groups is 1. The van der Waals surface area contributed by atoms with Crippen LogP contribution in [-0.2, 0) is 21.2 Å². The summed E-state index contributed by atoms with van der Waals surface area (Å²) in [7, 11) is -3.87. The molecule has 0 heterocycles. The molecule has 0 fully saturated rings. The molecule has 0 aliphatic carbocycles. The monoisotopic (exact) mass is 433 g/mol. The summed E-state index contributed by atoms with van der Waals surface area (Å²) in [5, 5.41) is 3.82. The molecular formula is C20H15Cl2N2O3S-. The summed E-state index contributed by atoms with van der Waals surface area (Å²) in [6.45, 7) is 0. The van der Waals surface area contributed by atoms with Gasteiger partial charge in [0.25, 0.3) is 0 Å². The van der Waals surface area contributed by atoms with Crippen molar-refractivity contribution < 1.29 is 13.2 Å². The fourth-order valence-corrected chi connectivity index (χ4v) is 3.63. The second-order valence-corrected chi connectivity index (χ2v) is 8.40. The smallest absolute Gasteiger partial charge is 0.228 e. The normalized spacial score (nSPS) is 11.1. The van der Waals surface area contributed by atoms with Gasteiger partial charge in [-0.15, -0.1) is 5.69 Å². The van der Waals surface area contributed by atoms with Gasteiger partial charge in [0, 0.05) is 15.7 Å². The molecule has 0 spiro atoms. The van der Waals surface area contributed by atoms with E-state index in [1.165, 1.54) is 36.4 Å². The van der Waals surface area contributed by atoms with E-state index in [1.807, 2.05) is 0 Å². The summed E-state index contributed by atoms with van der Waals surface area (Å²) in [5.74, 6) is -0.219. The summed E-state index contributed by atoms with van der Waals surface area (Å²) in [4.78, 5) is 12.2. The first-order chi connectivity index (χ1) is 13.3. The van der Waals surface area contributed by atoms with Crippen LogP contribution >= 0.6 is 23.2 Å². The van der Waals surface area contributed by atoms with Gasteiger partial charge in [-0.3, -0.25) is 4.79 Å². The molecule has 8 heteroatoms. The second kappa shape index (κ2) is 8.65. The van der Waals surface area contributed by atoms with Crippen molar-refractivity contribution in [3.8, 4) is 0 Å². The Hall–Kier alpha value is -2.54. The van der Waals surface area contributed by atoms with Crippen LogP contribution in [0, 0.1) is 0 Å². The van der Waals surface area contributed by atoms with Gasteiger partial charge in [0.2, 0.25) is 5.91 Å². The first-order valence-corrected chi connectivity index (χ1v) is 10.4. The van der Waals surface area contributed by atoms with E-state index in [4.69, 9.17) is 23.2 Å². The molecule has 0 saturated carbocycles. The number of benzene rings is 3. The van der Waals surface area contributed by atoms with E-state index in [0.717, 1.165) is 5.56 Å². The van der Waals surface area contributed by atoms with Crippen molar-refractivity contribution in [1.82, 2.24) is 0 Å². The van der Waals surface area contributed by atoms with Gasteiger partial charge in [0.15, 0.2) is 0 Å². The summed E-state index contributed by atoms with van der Waals surface area (Å²) in [6, 6.07) is 19.0. The Morgan fingerprint density at radius 1 is 0.821 bits per heavy atom. The number of sulfonamides is 1. The molecule has 0 atom stereocenters. The maximum Gasteiger partial charge on any atom is 0.228 e. The number of hydrogen-bond donors (Lipinski definition) is 1. The first kappa shape index (κ1) is 20.2. The predicted octanol–water partition coefficient (Wildman–Crippen LogP) is 5.57. The summed E-state index contributed by atoms with van der Waals surface area (Å²) in [6.07, 6.45) is 0.184. The van der Waals surface area contributed by atoms with E-state index in [9.17, 15) is 13.2 Å². The van der Waals surface area contributed by atoms with Gasteiger partial charge in [-0.2, -0.15) is 0 Å². The molecule has 0 unspecified atom stereocenters. The third-order valence-corrected chi connectivity index (χ3v) is 5.59. The summed E-state index contributed by atoms with van der Waals surface area (Å²) in [5.41, 5.74) is 1.59. The second-order valence-electron chi connectivity index (χ2n) is 5.92. The molecule has 0 saturated heterocycles. The van der Waals surface area contributed by atoms with Crippen LogP contribution < -0.4 is 5.32 Å². The lowest BCUT2D eigenvalue weighted by Crippen LogP contribution is -2.14. The number of rotatable bonds is 6. The highest BCUT2D eigenvalue weighted by Crippen LogP contribution is 2.29. The Kier molecular flexibility index (Phi) is 6.24. The molecular weight excluding hydrogens is 419 g/mol. The Morgan fingerprint density at radius 2 is 1.36 bits per heavy atom. The summed E-state index contributed by atoms with van der Waals surface area (Å²) >= 11 is 11.6. The van der Waals surface area contributed by atoms with E-state index in [1.54, 1.807) is 36.4 Å². The molecule has 0 bridgehead atoms. The largest absolute Gasteiger partial charge is 0.573 e. The van der Waals surface area contributed by atoms with Crippen LogP contribution in [0.3, 0.4) is 0 Å². The van der Waals surface area contributed by atoms with E-state index < -0.39 is 10.0 Å². The highest BCUT2D eigenvalue weighted by atomic mass is 35.5. The van der Waals surface area contributed by atoms with Crippen LogP contribution in [0.25, 0.3) is 4.72 Å². The zero-order valence-electron chi connectivity index (χ0n) is 14.5. The molecule has 3 aromatic rings. The fourth-order valence-electron chi connectivity index (χ4n) is 2.40. The van der Waals surface area contributed by atoms with Crippen molar-refractivity contribution in [3.63, 3.8) is 0 Å². The minimum atomic E-state index is -3.87. The lowest BCUT2D eigenvalue weighted by atomic mass is 10.1. The van der Waals surface area contributed by atoms with Crippen LogP contribution in [0.4, 0.5) is 11.4 Å². The standard InChI is InChI=1S/C20H15Cl2N2O3S/c21-15-3-1-14(2-4-15)13-20(25)23-17-9-11-19(12-10-17)28(26,27)24-18-7-5-16(22)6-8-18/h1-12H,13H2,(H,23,25)/q-1. The molecule has 1 amide bonds. The molecule has 144 valence electrons. The van der Waals surface area contributed by atoms with Crippen molar-refractivity contribution in [1.29, 1.82) is 0 Å². The van der Waals surface area contributed by atoms with E-state index in [0.29, 0.717) is 15.7 Å². The van der Waals surface area contributed by atoms with Crippen molar-refractivity contribution in [2.75, 3.05) is 5.32 Å². The minimum Gasteiger partial charge on any atom is -0.573 e. The number of carbonyl (C=O) groups excluding carboxylic acids is 1. The van der Waals surface area contributed by atoms with Gasteiger partial charge in [0.05, 0.1) is 11.3 Å². The van der Waals surface area contributed by atoms with Gasteiger partial charge in [-0.25, -0.2) is 8.42 Å². The van der Waals surface area contributed by atoms with Crippen LogP contribution in [0.2, 0.25) is 10.0 Å². The number of anilines is 1. The highest BCUT2D eigenvalue weighted by molar-refractivity contribution is 7.94. The van der Waals surface area contributed by atoms with Crippen LogP contribution in [-0.4, -0.2) is 14.3 Å². The Morgan fingerprint density at radius 3 is 1.93 bits per heavy atom. The third kappa shape index (κ3) is 5.48. The minimum absolute atomic E-state index is 0.0261. The number of amides is 1. The number of halogens is 2. The third-order valence-electron chi connectivity index (χ3n) is 3.77. The van der Waals surface area contributed by atoms with Crippen molar-refractivity contribution in [2.45, 2.75) is 11.3 Å². The Balaban J connectivity index is 1.64. The van der Waals surface area contributed by atoms with Gasteiger partial charge in [0.1, 0.15) is 10.0 Å². The van der Waals surface area contributed by atoms with Gasteiger partial charge in [-0.1, -0.05) is 47.5 Å². The van der Waals surface area contributed by atoms with Crippen LogP contribution in [0.1, 0.15) is 5.56 Å². The van der Waals surface area contributed by atoms with Gasteiger partial charge >= 0.3 is 0 Å².